The van der Waals surface area contributed by atoms with Crippen molar-refractivity contribution < 1.29 is 19.1 Å². The summed E-state index contributed by atoms with van der Waals surface area (Å²) in [4.78, 5) is 34.1. The average molecular weight is 480 g/mol. The third kappa shape index (κ3) is 4.46. The number of carboxylic acid groups (broad SMARTS) is 1. The number of halogens is 1. The van der Waals surface area contributed by atoms with E-state index in [1.807, 2.05) is 29.2 Å². The summed E-state index contributed by atoms with van der Waals surface area (Å²) >= 11 is 1.34. The highest BCUT2D eigenvalue weighted by Crippen LogP contribution is 2.36. The number of carbonyl (C=O) groups excluding carboxylic acids is 1. The van der Waals surface area contributed by atoms with E-state index in [9.17, 15) is 19.1 Å². The number of benzene rings is 2. The van der Waals surface area contributed by atoms with Crippen LogP contribution in [0.2, 0.25) is 0 Å². The first-order valence-electron chi connectivity index (χ1n) is 11.6. The minimum Gasteiger partial charge on any atom is -0.481 e. The van der Waals surface area contributed by atoms with Gasteiger partial charge in [0.1, 0.15) is 5.82 Å². The van der Waals surface area contributed by atoms with Crippen molar-refractivity contribution in [2.24, 2.45) is 0 Å². The fourth-order valence-corrected chi connectivity index (χ4v) is 5.84. The maximum Gasteiger partial charge on any atom is 0.313 e. The lowest BCUT2D eigenvalue weighted by molar-refractivity contribution is -0.133. The van der Waals surface area contributed by atoms with Crippen molar-refractivity contribution in [3.63, 3.8) is 0 Å². The number of hydrogen-bond acceptors (Lipinski definition) is 5. The standard InChI is InChI=1S/C26H26FN3O3S/c27-20-6-2-4-8-23(20)29-11-13-30(14-12-29)26(33)17-9-10-19-22(15-17)28-21-7-3-1-5-18(21)25(19)34-16-24(31)32/h2,4,6,8-10,15H,1,3,5,7,11-14,16H2,(H,31,32). The van der Waals surface area contributed by atoms with E-state index in [1.165, 1.54) is 17.8 Å². The topological polar surface area (TPSA) is 73.7 Å². The maximum atomic E-state index is 14.1. The lowest BCUT2D eigenvalue weighted by Gasteiger charge is -2.36. The molecule has 1 fully saturated rings. The number of hydrogen-bond donors (Lipinski definition) is 1. The molecule has 2 heterocycles. The van der Waals surface area contributed by atoms with Gasteiger partial charge in [-0.25, -0.2) is 4.39 Å². The predicted molar refractivity (Wildman–Crippen MR) is 131 cm³/mol. The number of aryl methyl sites for hydroxylation is 1. The number of anilines is 1. The van der Waals surface area contributed by atoms with Gasteiger partial charge in [-0.2, -0.15) is 0 Å². The monoisotopic (exact) mass is 479 g/mol. The van der Waals surface area contributed by atoms with Crippen LogP contribution in [0.25, 0.3) is 10.9 Å². The Bertz CT molecular complexity index is 1260. The van der Waals surface area contributed by atoms with Crippen LogP contribution in [0.15, 0.2) is 47.4 Å². The number of nitrogens with zero attached hydrogens (tertiary/aromatic N) is 3. The summed E-state index contributed by atoms with van der Waals surface area (Å²) in [5.41, 5.74) is 4.07. The van der Waals surface area contributed by atoms with E-state index in [-0.39, 0.29) is 17.5 Å². The third-order valence-corrected chi connectivity index (χ3v) is 7.70. The highest BCUT2D eigenvalue weighted by Gasteiger charge is 2.25. The molecule has 2 aromatic carbocycles. The van der Waals surface area contributed by atoms with Crippen molar-refractivity contribution in [2.75, 3.05) is 36.8 Å². The summed E-state index contributed by atoms with van der Waals surface area (Å²) in [6.07, 6.45) is 3.94. The number of carboxylic acids is 1. The van der Waals surface area contributed by atoms with Gasteiger partial charge in [0.15, 0.2) is 0 Å². The van der Waals surface area contributed by atoms with Gasteiger partial charge in [0.2, 0.25) is 0 Å². The fourth-order valence-electron chi connectivity index (χ4n) is 4.85. The van der Waals surface area contributed by atoms with Crippen LogP contribution in [-0.4, -0.2) is 58.8 Å². The van der Waals surface area contributed by atoms with Gasteiger partial charge in [0.05, 0.1) is 17.0 Å². The van der Waals surface area contributed by atoms with E-state index in [1.54, 1.807) is 17.0 Å². The number of aromatic nitrogens is 1. The van der Waals surface area contributed by atoms with Crippen molar-refractivity contribution in [2.45, 2.75) is 30.6 Å². The molecule has 1 saturated heterocycles. The number of para-hydroxylation sites is 1. The molecule has 0 unspecified atom stereocenters. The van der Waals surface area contributed by atoms with Crippen molar-refractivity contribution in [1.82, 2.24) is 9.88 Å². The Morgan fingerprint density at radius 1 is 1.03 bits per heavy atom. The zero-order chi connectivity index (χ0) is 23.7. The van der Waals surface area contributed by atoms with Crippen LogP contribution < -0.4 is 4.90 Å². The largest absolute Gasteiger partial charge is 0.481 e. The molecule has 6 nitrogen and oxygen atoms in total. The van der Waals surface area contributed by atoms with Crippen LogP contribution in [0.1, 0.15) is 34.5 Å². The van der Waals surface area contributed by atoms with Crippen LogP contribution in [0.3, 0.4) is 0 Å². The van der Waals surface area contributed by atoms with Crippen LogP contribution in [-0.2, 0) is 17.6 Å². The summed E-state index contributed by atoms with van der Waals surface area (Å²) in [5.74, 6) is -1.16. The van der Waals surface area contributed by atoms with Crippen molar-refractivity contribution >= 4 is 40.2 Å². The second kappa shape index (κ2) is 9.62. The molecule has 5 rings (SSSR count). The van der Waals surface area contributed by atoms with Gasteiger partial charge in [-0.15, -0.1) is 11.8 Å². The molecule has 0 radical (unpaired) electrons. The molecule has 0 saturated carbocycles. The third-order valence-electron chi connectivity index (χ3n) is 6.56. The van der Waals surface area contributed by atoms with Gasteiger partial charge in [0, 0.05) is 47.7 Å². The zero-order valence-electron chi connectivity index (χ0n) is 18.8. The molecule has 1 aliphatic carbocycles. The molecule has 1 aromatic heterocycles. The van der Waals surface area contributed by atoms with Crippen LogP contribution in [0.5, 0.6) is 0 Å². The summed E-state index contributed by atoms with van der Waals surface area (Å²) in [6, 6.07) is 12.3. The molecule has 176 valence electrons. The van der Waals surface area contributed by atoms with Crippen molar-refractivity contribution in [1.29, 1.82) is 0 Å². The fraction of sp³-hybridized carbons (Fsp3) is 0.346. The van der Waals surface area contributed by atoms with Gasteiger partial charge in [-0.05, 0) is 55.5 Å². The SMILES string of the molecule is O=C(O)CSc1c2c(nc3cc(C(=O)N4CCN(c5ccccc5F)CC4)ccc13)CCCC2. The molecule has 8 heteroatoms. The molecular formula is C26H26FN3O3S. The number of aliphatic carboxylic acids is 1. The van der Waals surface area contributed by atoms with E-state index in [2.05, 4.69) is 0 Å². The van der Waals surface area contributed by atoms with E-state index >= 15 is 0 Å². The van der Waals surface area contributed by atoms with Gasteiger partial charge < -0.3 is 14.9 Å². The van der Waals surface area contributed by atoms with E-state index < -0.39 is 5.97 Å². The quantitative estimate of drug-likeness (QED) is 0.547. The normalized spacial score (nSPS) is 15.9. The molecule has 1 amide bonds. The molecule has 1 N–H and O–H groups in total. The lowest BCUT2D eigenvalue weighted by atomic mass is 9.94. The Hall–Kier alpha value is -3.13. The second-order valence-electron chi connectivity index (χ2n) is 8.72. The highest BCUT2D eigenvalue weighted by molar-refractivity contribution is 8.00. The molecule has 2 aliphatic rings. The Labute approximate surface area is 201 Å². The van der Waals surface area contributed by atoms with E-state index in [4.69, 9.17) is 4.98 Å². The Morgan fingerprint density at radius 3 is 2.56 bits per heavy atom. The number of thioether (sulfide) groups is 1. The summed E-state index contributed by atoms with van der Waals surface area (Å²) in [6.45, 7) is 2.18. The molecule has 34 heavy (non-hydrogen) atoms. The Balaban J connectivity index is 1.38. The van der Waals surface area contributed by atoms with Crippen molar-refractivity contribution in [3.8, 4) is 0 Å². The van der Waals surface area contributed by atoms with Crippen LogP contribution >= 0.6 is 11.8 Å². The summed E-state index contributed by atoms with van der Waals surface area (Å²) in [7, 11) is 0. The average Bonchev–Trinajstić information content (AvgIpc) is 2.86. The number of pyridine rings is 1. The van der Waals surface area contributed by atoms with Crippen LogP contribution in [0, 0.1) is 5.82 Å². The summed E-state index contributed by atoms with van der Waals surface area (Å²) in [5, 5.41) is 10.1. The number of rotatable bonds is 5. The molecule has 0 spiro atoms. The first-order chi connectivity index (χ1) is 16.5. The zero-order valence-corrected chi connectivity index (χ0v) is 19.6. The minimum atomic E-state index is -0.846. The first kappa shape index (κ1) is 22.7. The molecular weight excluding hydrogens is 453 g/mol. The van der Waals surface area contributed by atoms with Gasteiger partial charge >= 0.3 is 5.97 Å². The van der Waals surface area contributed by atoms with Crippen molar-refractivity contribution in [3.05, 3.63) is 65.1 Å². The van der Waals surface area contributed by atoms with E-state index in [0.29, 0.717) is 37.4 Å². The Morgan fingerprint density at radius 2 is 1.79 bits per heavy atom. The number of amides is 1. The van der Waals surface area contributed by atoms with Gasteiger partial charge in [0.25, 0.3) is 5.91 Å². The molecule has 0 atom stereocenters. The minimum absolute atomic E-state index is 0.00147. The predicted octanol–water partition coefficient (Wildman–Crippen LogP) is 4.39. The number of fused-ring (bicyclic) bond motifs is 2. The molecule has 3 aromatic rings. The van der Waals surface area contributed by atoms with E-state index in [0.717, 1.165) is 52.7 Å². The molecule has 1 aliphatic heterocycles. The maximum absolute atomic E-state index is 14.1. The van der Waals surface area contributed by atoms with Crippen LogP contribution in [0.4, 0.5) is 10.1 Å². The smallest absolute Gasteiger partial charge is 0.313 e. The second-order valence-corrected chi connectivity index (χ2v) is 9.70. The summed E-state index contributed by atoms with van der Waals surface area (Å²) < 4.78 is 14.1. The Kier molecular flexibility index (Phi) is 6.41. The number of piperazine rings is 1. The van der Waals surface area contributed by atoms with Gasteiger partial charge in [-0.3, -0.25) is 14.6 Å². The van der Waals surface area contributed by atoms with Gasteiger partial charge in [-0.1, -0.05) is 18.2 Å². The lowest BCUT2D eigenvalue weighted by Crippen LogP contribution is -2.49. The first-order valence-corrected chi connectivity index (χ1v) is 12.6. The number of carbonyl (C=O) groups is 2. The molecule has 0 bridgehead atoms. The highest BCUT2D eigenvalue weighted by atomic mass is 32.2.